The van der Waals surface area contributed by atoms with Crippen LogP contribution in [-0.4, -0.2) is 53.2 Å². The van der Waals surface area contributed by atoms with E-state index in [1.807, 2.05) is 0 Å². The fraction of sp³-hybridized carbons (Fsp3) is 0.579. The number of thiophene rings is 1. The first-order chi connectivity index (χ1) is 13.4. The molecular formula is C19H24N6OS. The van der Waals surface area contributed by atoms with E-state index in [0.717, 1.165) is 78.8 Å². The highest BCUT2D eigenvalue weighted by Gasteiger charge is 2.26. The highest BCUT2D eigenvalue weighted by atomic mass is 32.1. The topological polar surface area (TPSA) is 76.1 Å². The number of ether oxygens (including phenoxy) is 1. The molecule has 0 unspecified atom stereocenters. The van der Waals surface area contributed by atoms with Crippen LogP contribution in [0.2, 0.25) is 0 Å². The number of nitrogens with zero attached hydrogens (tertiary/aromatic N) is 5. The molecule has 0 radical (unpaired) electrons. The molecule has 142 valence electrons. The average Bonchev–Trinajstić information content (AvgIpc) is 3.11. The Kier molecular flexibility index (Phi) is 4.53. The van der Waals surface area contributed by atoms with Crippen molar-refractivity contribution in [2.75, 3.05) is 43.1 Å². The summed E-state index contributed by atoms with van der Waals surface area (Å²) >= 11 is 1.69. The predicted octanol–water partition coefficient (Wildman–Crippen LogP) is 3.17. The first-order valence-electron chi connectivity index (χ1n) is 9.90. The third-order valence-electron chi connectivity index (χ3n) is 5.47. The minimum absolute atomic E-state index is 0.779. The number of hydrogen-bond donors (Lipinski definition) is 1. The third-order valence-corrected chi connectivity index (χ3v) is 6.55. The maximum atomic E-state index is 5.55. The van der Waals surface area contributed by atoms with E-state index in [9.17, 15) is 0 Å². The zero-order chi connectivity index (χ0) is 18.2. The Bertz CT molecular complexity index is 981. The van der Waals surface area contributed by atoms with Crippen molar-refractivity contribution in [2.24, 2.45) is 0 Å². The third kappa shape index (κ3) is 2.91. The summed E-state index contributed by atoms with van der Waals surface area (Å²) in [7, 11) is 0. The van der Waals surface area contributed by atoms with Crippen molar-refractivity contribution in [1.29, 1.82) is 0 Å². The molecule has 8 heteroatoms. The average molecular weight is 385 g/mol. The van der Waals surface area contributed by atoms with Gasteiger partial charge in [-0.15, -0.1) is 21.5 Å². The lowest BCUT2D eigenvalue weighted by Crippen LogP contribution is -2.37. The largest absolute Gasteiger partial charge is 0.378 e. The molecular weight excluding hydrogens is 360 g/mol. The molecule has 0 aromatic carbocycles. The van der Waals surface area contributed by atoms with Crippen molar-refractivity contribution >= 4 is 43.4 Å². The minimum atomic E-state index is 0.779. The fourth-order valence-electron chi connectivity index (χ4n) is 4.16. The highest BCUT2D eigenvalue weighted by Crippen LogP contribution is 2.42. The number of fused-ring (bicyclic) bond motifs is 5. The summed E-state index contributed by atoms with van der Waals surface area (Å²) in [4.78, 5) is 8.60. The van der Waals surface area contributed by atoms with E-state index in [1.165, 1.54) is 29.4 Å². The predicted molar refractivity (Wildman–Crippen MR) is 109 cm³/mol. The summed E-state index contributed by atoms with van der Waals surface area (Å²) in [6.45, 7) is 6.42. The van der Waals surface area contributed by atoms with E-state index in [2.05, 4.69) is 32.6 Å². The maximum absolute atomic E-state index is 5.55. The summed E-state index contributed by atoms with van der Waals surface area (Å²) in [6, 6.07) is 0. The van der Waals surface area contributed by atoms with Crippen LogP contribution in [0, 0.1) is 0 Å². The second-order valence-corrected chi connectivity index (χ2v) is 8.22. The Morgan fingerprint density at radius 2 is 1.93 bits per heavy atom. The van der Waals surface area contributed by atoms with Crippen LogP contribution >= 0.6 is 11.3 Å². The number of nitrogens with one attached hydrogen (secondary N) is 1. The van der Waals surface area contributed by atoms with E-state index in [1.54, 1.807) is 11.3 Å². The molecule has 3 aromatic rings. The quantitative estimate of drug-likeness (QED) is 0.740. The van der Waals surface area contributed by atoms with Gasteiger partial charge in [0.05, 0.1) is 13.2 Å². The Hall–Kier alpha value is -2.06. The van der Waals surface area contributed by atoms with Crippen LogP contribution in [-0.2, 0) is 17.6 Å². The van der Waals surface area contributed by atoms with E-state index < -0.39 is 0 Å². The zero-order valence-corrected chi connectivity index (χ0v) is 16.4. The van der Waals surface area contributed by atoms with Gasteiger partial charge in [0.1, 0.15) is 20.9 Å². The molecule has 1 aliphatic heterocycles. The summed E-state index contributed by atoms with van der Waals surface area (Å²) in [5.41, 5.74) is 3.81. The lowest BCUT2D eigenvalue weighted by atomic mass is 9.90. The van der Waals surface area contributed by atoms with Gasteiger partial charge in [-0.25, -0.2) is 4.98 Å². The number of pyridine rings is 1. The molecule has 3 aromatic heterocycles. The summed E-state index contributed by atoms with van der Waals surface area (Å²) < 4.78 is 6.63. The van der Waals surface area contributed by atoms with Crippen LogP contribution in [0.4, 0.5) is 11.6 Å². The molecule has 0 bridgehead atoms. The molecule has 5 rings (SSSR count). The summed E-state index contributed by atoms with van der Waals surface area (Å²) in [5, 5.41) is 17.3. The lowest BCUT2D eigenvalue weighted by molar-refractivity contribution is 0.122. The first kappa shape index (κ1) is 17.1. The van der Waals surface area contributed by atoms with Crippen molar-refractivity contribution < 1.29 is 4.74 Å². The molecule has 27 heavy (non-hydrogen) atoms. The Morgan fingerprint density at radius 1 is 1.11 bits per heavy atom. The molecule has 1 N–H and O–H groups in total. The number of aryl methyl sites for hydroxylation is 1. The van der Waals surface area contributed by atoms with Crippen molar-refractivity contribution in [3.8, 4) is 0 Å². The molecule has 7 nitrogen and oxygen atoms in total. The van der Waals surface area contributed by atoms with Gasteiger partial charge in [0.2, 0.25) is 0 Å². The van der Waals surface area contributed by atoms with E-state index in [4.69, 9.17) is 9.72 Å². The Morgan fingerprint density at radius 3 is 2.74 bits per heavy atom. The standard InChI is InChI=1S/C19H24N6OS/c1-2-7-20-17-16-15(22-24-23-17)14-12-5-3-4-6-13(12)18(21-19(14)27-16)25-8-10-26-11-9-25/h2-11H2,1H3,(H,20,22,23). The molecule has 2 aliphatic rings. The van der Waals surface area contributed by atoms with Gasteiger partial charge in [0, 0.05) is 25.0 Å². The van der Waals surface area contributed by atoms with Gasteiger partial charge in [0.15, 0.2) is 5.82 Å². The van der Waals surface area contributed by atoms with Gasteiger partial charge in [-0.2, -0.15) is 0 Å². The van der Waals surface area contributed by atoms with E-state index in [0.29, 0.717) is 0 Å². The van der Waals surface area contributed by atoms with Gasteiger partial charge < -0.3 is 15.0 Å². The molecule has 0 saturated carbocycles. The monoisotopic (exact) mass is 384 g/mol. The van der Waals surface area contributed by atoms with Crippen LogP contribution in [0.15, 0.2) is 0 Å². The van der Waals surface area contributed by atoms with E-state index >= 15 is 0 Å². The first-order valence-corrected chi connectivity index (χ1v) is 10.7. The number of morpholine rings is 1. The van der Waals surface area contributed by atoms with Gasteiger partial charge in [-0.05, 0) is 48.4 Å². The van der Waals surface area contributed by atoms with Crippen LogP contribution in [0.1, 0.15) is 37.3 Å². The zero-order valence-electron chi connectivity index (χ0n) is 15.6. The van der Waals surface area contributed by atoms with Crippen molar-refractivity contribution in [1.82, 2.24) is 20.4 Å². The van der Waals surface area contributed by atoms with Crippen molar-refractivity contribution in [3.63, 3.8) is 0 Å². The molecule has 1 fully saturated rings. The van der Waals surface area contributed by atoms with Crippen LogP contribution in [0.3, 0.4) is 0 Å². The highest BCUT2D eigenvalue weighted by molar-refractivity contribution is 7.26. The smallest absolute Gasteiger partial charge is 0.170 e. The number of anilines is 2. The van der Waals surface area contributed by atoms with Gasteiger partial charge in [-0.3, -0.25) is 0 Å². The number of rotatable bonds is 4. The number of hydrogen-bond acceptors (Lipinski definition) is 8. The van der Waals surface area contributed by atoms with Crippen LogP contribution < -0.4 is 10.2 Å². The summed E-state index contributed by atoms with van der Waals surface area (Å²) in [5.74, 6) is 2.00. The lowest BCUT2D eigenvalue weighted by Gasteiger charge is -2.31. The molecule has 1 aliphatic carbocycles. The molecule has 4 heterocycles. The minimum Gasteiger partial charge on any atom is -0.378 e. The summed E-state index contributed by atoms with van der Waals surface area (Å²) in [6.07, 6.45) is 5.70. The number of aromatic nitrogens is 4. The van der Waals surface area contributed by atoms with Gasteiger partial charge in [0.25, 0.3) is 0 Å². The fourth-order valence-corrected chi connectivity index (χ4v) is 5.26. The normalized spacial score (nSPS) is 17.4. The maximum Gasteiger partial charge on any atom is 0.170 e. The molecule has 1 saturated heterocycles. The van der Waals surface area contributed by atoms with Crippen molar-refractivity contribution in [3.05, 3.63) is 11.1 Å². The second-order valence-electron chi connectivity index (χ2n) is 7.22. The van der Waals surface area contributed by atoms with E-state index in [-0.39, 0.29) is 0 Å². The Balaban J connectivity index is 1.73. The van der Waals surface area contributed by atoms with Crippen LogP contribution in [0.25, 0.3) is 20.4 Å². The van der Waals surface area contributed by atoms with Crippen LogP contribution in [0.5, 0.6) is 0 Å². The van der Waals surface area contributed by atoms with Gasteiger partial charge >= 0.3 is 0 Å². The Labute approximate surface area is 162 Å². The second kappa shape index (κ2) is 7.16. The molecule has 0 atom stereocenters. The molecule has 0 spiro atoms. The molecule has 0 amide bonds. The van der Waals surface area contributed by atoms with Crippen molar-refractivity contribution in [2.45, 2.75) is 39.0 Å². The van der Waals surface area contributed by atoms with Gasteiger partial charge in [-0.1, -0.05) is 6.92 Å². The SMILES string of the molecule is CCCNc1nnnc2c1sc1nc(N3CCOCC3)c3c(c12)CCCC3.